The molecule has 4 nitrogen and oxygen atoms in total. The highest BCUT2D eigenvalue weighted by atomic mass is 16.2. The second kappa shape index (κ2) is 4.95. The lowest BCUT2D eigenvalue weighted by Crippen LogP contribution is -2.35. The van der Waals surface area contributed by atoms with Crippen molar-refractivity contribution in [3.63, 3.8) is 0 Å². The average molecular weight is 204 g/mol. The molecule has 0 aromatic heterocycles. The van der Waals surface area contributed by atoms with Crippen LogP contribution in [-0.4, -0.2) is 11.9 Å². The van der Waals surface area contributed by atoms with Gasteiger partial charge >= 0.3 is 6.03 Å². The molecule has 1 aromatic carbocycles. The number of imide groups is 1. The molecule has 0 saturated carbocycles. The van der Waals surface area contributed by atoms with E-state index in [0.29, 0.717) is 5.57 Å². The van der Waals surface area contributed by atoms with E-state index in [1.807, 2.05) is 23.5 Å². The number of carbonyl (C=O) groups excluding carboxylic acids is 2. The van der Waals surface area contributed by atoms with Crippen molar-refractivity contribution < 1.29 is 9.59 Å². The summed E-state index contributed by atoms with van der Waals surface area (Å²) in [7, 11) is 0. The molecule has 0 bridgehead atoms. The first-order valence-electron chi connectivity index (χ1n) is 4.47. The molecule has 0 aliphatic carbocycles. The number of urea groups is 1. The van der Waals surface area contributed by atoms with Crippen LogP contribution in [0.2, 0.25) is 0 Å². The molecule has 0 atom stereocenters. The van der Waals surface area contributed by atoms with Crippen LogP contribution >= 0.6 is 0 Å². The van der Waals surface area contributed by atoms with Gasteiger partial charge in [0.2, 0.25) is 0 Å². The van der Waals surface area contributed by atoms with Crippen LogP contribution in [0.1, 0.15) is 12.5 Å². The van der Waals surface area contributed by atoms with Gasteiger partial charge in [-0.25, -0.2) is 4.79 Å². The molecule has 0 unspecified atom stereocenters. The van der Waals surface area contributed by atoms with Gasteiger partial charge in [0, 0.05) is 5.57 Å². The third-order valence-electron chi connectivity index (χ3n) is 1.85. The van der Waals surface area contributed by atoms with Crippen molar-refractivity contribution in [3.8, 4) is 0 Å². The van der Waals surface area contributed by atoms with Crippen LogP contribution in [0.15, 0.2) is 36.4 Å². The van der Waals surface area contributed by atoms with E-state index in [4.69, 9.17) is 5.73 Å². The van der Waals surface area contributed by atoms with Gasteiger partial charge in [-0.15, -0.1) is 0 Å². The third-order valence-corrected chi connectivity index (χ3v) is 1.85. The van der Waals surface area contributed by atoms with Crippen LogP contribution in [-0.2, 0) is 4.79 Å². The second-order valence-corrected chi connectivity index (χ2v) is 2.89. The summed E-state index contributed by atoms with van der Waals surface area (Å²) in [6.45, 7) is 1.73. The summed E-state index contributed by atoms with van der Waals surface area (Å²) < 4.78 is 0. The number of primary amides is 1. The molecule has 0 spiro atoms. The lowest BCUT2D eigenvalue weighted by atomic mass is 10.1. The van der Waals surface area contributed by atoms with Crippen LogP contribution in [0.5, 0.6) is 0 Å². The monoisotopic (exact) mass is 204 g/mol. The lowest BCUT2D eigenvalue weighted by Gasteiger charge is -2.05. The number of nitrogens with two attached hydrogens (primary N) is 1. The fourth-order valence-electron chi connectivity index (χ4n) is 1.23. The first-order valence-corrected chi connectivity index (χ1v) is 4.47. The highest BCUT2D eigenvalue weighted by Crippen LogP contribution is 2.13. The van der Waals surface area contributed by atoms with Crippen molar-refractivity contribution in [3.05, 3.63) is 42.0 Å². The summed E-state index contributed by atoms with van der Waals surface area (Å²) in [5, 5.41) is 2.02. The first-order chi connectivity index (χ1) is 7.15. The van der Waals surface area contributed by atoms with Crippen molar-refractivity contribution in [2.45, 2.75) is 6.92 Å². The molecule has 3 amide bonds. The van der Waals surface area contributed by atoms with Crippen LogP contribution in [0.3, 0.4) is 0 Å². The minimum absolute atomic E-state index is 0.425. The summed E-state index contributed by atoms with van der Waals surface area (Å²) in [5.74, 6) is -0.490. The summed E-state index contributed by atoms with van der Waals surface area (Å²) in [6, 6.07) is 8.21. The van der Waals surface area contributed by atoms with Crippen LogP contribution in [0, 0.1) is 0 Å². The van der Waals surface area contributed by atoms with E-state index in [1.54, 1.807) is 25.1 Å². The van der Waals surface area contributed by atoms with E-state index in [9.17, 15) is 9.59 Å². The van der Waals surface area contributed by atoms with Gasteiger partial charge in [-0.1, -0.05) is 36.4 Å². The first kappa shape index (κ1) is 11.0. The van der Waals surface area contributed by atoms with E-state index in [0.717, 1.165) is 5.56 Å². The van der Waals surface area contributed by atoms with E-state index in [-0.39, 0.29) is 0 Å². The van der Waals surface area contributed by atoms with Crippen LogP contribution in [0.25, 0.3) is 5.57 Å². The van der Waals surface area contributed by atoms with Gasteiger partial charge in [0.15, 0.2) is 0 Å². The second-order valence-electron chi connectivity index (χ2n) is 2.89. The molecular formula is C11H12N2O2. The molecule has 0 radical (unpaired) electrons. The highest BCUT2D eigenvalue weighted by Gasteiger charge is 2.11. The number of nitrogens with one attached hydrogen (secondary N) is 1. The summed E-state index contributed by atoms with van der Waals surface area (Å²) in [5.41, 5.74) is 6.04. The predicted octanol–water partition coefficient (Wildman–Crippen LogP) is 1.28. The molecule has 4 heteroatoms. The molecule has 15 heavy (non-hydrogen) atoms. The fourth-order valence-corrected chi connectivity index (χ4v) is 1.23. The Bertz CT molecular complexity index is 396. The normalized spacial score (nSPS) is 10.9. The van der Waals surface area contributed by atoms with Crippen molar-refractivity contribution in [1.29, 1.82) is 0 Å². The minimum atomic E-state index is -0.852. The molecule has 0 aliphatic heterocycles. The maximum absolute atomic E-state index is 11.5. The smallest absolute Gasteiger partial charge is 0.319 e. The fraction of sp³-hybridized carbons (Fsp3) is 0.0909. The topological polar surface area (TPSA) is 72.2 Å². The summed E-state index contributed by atoms with van der Waals surface area (Å²) >= 11 is 0. The molecule has 3 N–H and O–H groups in total. The number of hydrogen-bond donors (Lipinski definition) is 2. The van der Waals surface area contributed by atoms with Crippen molar-refractivity contribution in [2.75, 3.05) is 0 Å². The molecule has 0 heterocycles. The Labute approximate surface area is 87.8 Å². The highest BCUT2D eigenvalue weighted by molar-refractivity contribution is 6.23. The average Bonchev–Trinajstić information content (AvgIpc) is 2.19. The number of benzene rings is 1. The van der Waals surface area contributed by atoms with Crippen molar-refractivity contribution in [2.24, 2.45) is 5.73 Å². The molecule has 0 fully saturated rings. The van der Waals surface area contributed by atoms with Gasteiger partial charge in [-0.2, -0.15) is 0 Å². The van der Waals surface area contributed by atoms with E-state index in [1.165, 1.54) is 0 Å². The molecular weight excluding hydrogens is 192 g/mol. The number of amides is 3. The van der Waals surface area contributed by atoms with Gasteiger partial charge in [-0.3, -0.25) is 10.1 Å². The van der Waals surface area contributed by atoms with E-state index >= 15 is 0 Å². The Morgan fingerprint density at radius 3 is 2.33 bits per heavy atom. The van der Waals surface area contributed by atoms with Crippen LogP contribution < -0.4 is 11.1 Å². The maximum atomic E-state index is 11.5. The van der Waals surface area contributed by atoms with Gasteiger partial charge in [-0.05, 0) is 12.5 Å². The summed E-state index contributed by atoms with van der Waals surface area (Å²) in [6.07, 6.45) is 1.63. The Balaban J connectivity index is 2.92. The third kappa shape index (κ3) is 2.95. The Kier molecular flexibility index (Phi) is 3.62. The van der Waals surface area contributed by atoms with Gasteiger partial charge in [0.1, 0.15) is 0 Å². The summed E-state index contributed by atoms with van der Waals surface area (Å²) in [4.78, 5) is 22.0. The number of rotatable bonds is 2. The maximum Gasteiger partial charge on any atom is 0.319 e. The zero-order valence-corrected chi connectivity index (χ0v) is 8.36. The number of hydrogen-bond acceptors (Lipinski definition) is 2. The Morgan fingerprint density at radius 1 is 1.27 bits per heavy atom. The quantitative estimate of drug-likeness (QED) is 0.712. The molecule has 1 aromatic rings. The van der Waals surface area contributed by atoms with Gasteiger partial charge in [0.25, 0.3) is 5.91 Å². The van der Waals surface area contributed by atoms with Gasteiger partial charge < -0.3 is 5.73 Å². The largest absolute Gasteiger partial charge is 0.351 e. The van der Waals surface area contributed by atoms with E-state index in [2.05, 4.69) is 0 Å². The number of allylic oxidation sites excluding steroid dienone is 1. The molecule has 0 aliphatic rings. The van der Waals surface area contributed by atoms with Gasteiger partial charge in [0.05, 0.1) is 0 Å². The van der Waals surface area contributed by atoms with E-state index < -0.39 is 11.9 Å². The standard InChI is InChI=1S/C11H12N2O2/c1-2-9(10(14)13-11(12)15)8-6-4-3-5-7-8/h2-7H,1H3,(H3,12,13,14,15)/b9-2-. The lowest BCUT2D eigenvalue weighted by molar-refractivity contribution is -0.114. The molecule has 1 rings (SSSR count). The Morgan fingerprint density at radius 2 is 1.87 bits per heavy atom. The zero-order chi connectivity index (χ0) is 11.3. The molecule has 78 valence electrons. The van der Waals surface area contributed by atoms with Crippen molar-refractivity contribution in [1.82, 2.24) is 5.32 Å². The Hall–Kier alpha value is -2.10. The SMILES string of the molecule is C/C=C(\C(=O)NC(N)=O)c1ccccc1. The predicted molar refractivity (Wildman–Crippen MR) is 57.8 cm³/mol. The van der Waals surface area contributed by atoms with Crippen LogP contribution in [0.4, 0.5) is 4.79 Å². The minimum Gasteiger partial charge on any atom is -0.351 e. The zero-order valence-electron chi connectivity index (χ0n) is 8.36. The molecule has 0 saturated heterocycles. The number of carbonyl (C=O) groups is 2. The van der Waals surface area contributed by atoms with Crippen molar-refractivity contribution >= 4 is 17.5 Å².